The van der Waals surface area contributed by atoms with Gasteiger partial charge in [0, 0.05) is 17.1 Å². The van der Waals surface area contributed by atoms with E-state index < -0.39 is 0 Å². The molecular weight excluding hydrogens is 579 g/mol. The van der Waals surface area contributed by atoms with Crippen molar-refractivity contribution in [2.24, 2.45) is 0 Å². The Morgan fingerprint density at radius 3 is 1.50 bits per heavy atom. The van der Waals surface area contributed by atoms with Crippen LogP contribution in [0.1, 0.15) is 5.56 Å². The van der Waals surface area contributed by atoms with Crippen molar-refractivity contribution < 1.29 is 0 Å². The number of benzene rings is 9. The number of anilines is 3. The molecule has 48 heavy (non-hydrogen) atoms. The first-order chi connectivity index (χ1) is 23.7. The molecule has 226 valence electrons. The Bertz CT molecular complexity index is 2600. The summed E-state index contributed by atoms with van der Waals surface area (Å²) in [6.07, 6.45) is 0. The predicted octanol–water partition coefficient (Wildman–Crippen LogP) is 13.4. The predicted molar refractivity (Wildman–Crippen MR) is 207 cm³/mol. The maximum atomic E-state index is 2.40. The Labute approximate surface area is 281 Å². The van der Waals surface area contributed by atoms with Gasteiger partial charge in [0.1, 0.15) is 0 Å². The Balaban J connectivity index is 1.22. The highest BCUT2D eigenvalue weighted by Crippen LogP contribution is 2.43. The molecule has 0 heterocycles. The minimum absolute atomic E-state index is 1.14. The summed E-state index contributed by atoms with van der Waals surface area (Å²) < 4.78 is 0. The second kappa shape index (κ2) is 11.6. The summed E-state index contributed by atoms with van der Waals surface area (Å²) >= 11 is 0. The van der Waals surface area contributed by atoms with Gasteiger partial charge in [-0.1, -0.05) is 133 Å². The average Bonchev–Trinajstić information content (AvgIpc) is 3.15. The van der Waals surface area contributed by atoms with E-state index in [0.29, 0.717) is 0 Å². The van der Waals surface area contributed by atoms with Crippen LogP contribution in [0.4, 0.5) is 17.1 Å². The standard InChI is InChI=1S/C47H33N/c1-32-20-25-39(26-21-32)48(38-14-6-3-7-15-38)40-27-24-34-28-36(23-22-35(34)29-40)46-31-37-30-45(33-12-4-2-5-13-33)41-16-8-10-18-43(41)47(37)44-19-11-9-17-42(44)46/h2-31H,1H3. The van der Waals surface area contributed by atoms with Crippen molar-refractivity contribution >= 4 is 60.2 Å². The van der Waals surface area contributed by atoms with Gasteiger partial charge in [0.15, 0.2) is 0 Å². The summed E-state index contributed by atoms with van der Waals surface area (Å²) in [4.78, 5) is 2.33. The molecule has 0 aliphatic heterocycles. The quantitative estimate of drug-likeness (QED) is 0.175. The van der Waals surface area contributed by atoms with Crippen LogP contribution in [0, 0.1) is 6.92 Å². The van der Waals surface area contributed by atoms with E-state index in [1.807, 2.05) is 0 Å². The molecule has 0 radical (unpaired) electrons. The minimum atomic E-state index is 1.14. The van der Waals surface area contributed by atoms with E-state index in [-0.39, 0.29) is 0 Å². The lowest BCUT2D eigenvalue weighted by Crippen LogP contribution is -2.09. The highest BCUT2D eigenvalue weighted by molar-refractivity contribution is 6.25. The molecule has 0 N–H and O–H groups in total. The Hall–Kier alpha value is -6.18. The fourth-order valence-electron chi connectivity index (χ4n) is 7.33. The normalized spacial score (nSPS) is 11.4. The molecule has 0 saturated heterocycles. The largest absolute Gasteiger partial charge is 0.310 e. The molecule has 0 saturated carbocycles. The fourth-order valence-corrected chi connectivity index (χ4v) is 7.33. The van der Waals surface area contributed by atoms with E-state index in [2.05, 4.69) is 194 Å². The molecule has 0 aromatic heterocycles. The van der Waals surface area contributed by atoms with Gasteiger partial charge in [-0.15, -0.1) is 0 Å². The number of nitrogens with zero attached hydrogens (tertiary/aromatic N) is 1. The van der Waals surface area contributed by atoms with Crippen LogP contribution in [0.25, 0.3) is 65.3 Å². The second-order valence-electron chi connectivity index (χ2n) is 12.7. The molecule has 0 spiro atoms. The Morgan fingerprint density at radius 2 is 0.833 bits per heavy atom. The zero-order valence-electron chi connectivity index (χ0n) is 26.8. The first kappa shape index (κ1) is 28.1. The molecule has 0 aliphatic carbocycles. The molecule has 0 amide bonds. The van der Waals surface area contributed by atoms with Gasteiger partial charge in [-0.3, -0.25) is 0 Å². The van der Waals surface area contributed by atoms with Crippen LogP contribution in [0.3, 0.4) is 0 Å². The molecule has 1 nitrogen and oxygen atoms in total. The van der Waals surface area contributed by atoms with Gasteiger partial charge >= 0.3 is 0 Å². The van der Waals surface area contributed by atoms with Crippen LogP contribution in [0.15, 0.2) is 182 Å². The molecule has 0 bridgehead atoms. The van der Waals surface area contributed by atoms with Crippen LogP contribution in [-0.2, 0) is 0 Å². The fraction of sp³-hybridized carbons (Fsp3) is 0.0213. The molecule has 0 fully saturated rings. The molecule has 0 aliphatic rings. The summed E-state index contributed by atoms with van der Waals surface area (Å²) in [6, 6.07) is 66.4. The Kier molecular flexibility index (Phi) is 6.76. The third-order valence-electron chi connectivity index (χ3n) is 9.65. The molecule has 9 aromatic rings. The maximum Gasteiger partial charge on any atom is 0.0468 e. The van der Waals surface area contributed by atoms with Crippen LogP contribution < -0.4 is 4.90 Å². The lowest BCUT2D eigenvalue weighted by Gasteiger charge is -2.26. The minimum Gasteiger partial charge on any atom is -0.310 e. The zero-order valence-corrected chi connectivity index (χ0v) is 26.8. The molecule has 1 heteroatoms. The van der Waals surface area contributed by atoms with Crippen molar-refractivity contribution in [2.75, 3.05) is 4.90 Å². The Morgan fingerprint density at radius 1 is 0.333 bits per heavy atom. The van der Waals surface area contributed by atoms with E-state index in [1.54, 1.807) is 0 Å². The van der Waals surface area contributed by atoms with Crippen molar-refractivity contribution in [1.82, 2.24) is 0 Å². The maximum absolute atomic E-state index is 2.40. The highest BCUT2D eigenvalue weighted by atomic mass is 15.1. The summed E-state index contributed by atoms with van der Waals surface area (Å²) in [5.74, 6) is 0. The van der Waals surface area contributed by atoms with Gasteiger partial charge in [-0.25, -0.2) is 0 Å². The van der Waals surface area contributed by atoms with Crippen LogP contribution in [-0.4, -0.2) is 0 Å². The molecule has 9 aromatic carbocycles. The number of rotatable bonds is 5. The number of fused-ring (bicyclic) bond motifs is 6. The lowest BCUT2D eigenvalue weighted by atomic mass is 9.87. The van der Waals surface area contributed by atoms with E-state index in [9.17, 15) is 0 Å². The van der Waals surface area contributed by atoms with Gasteiger partial charge in [0.25, 0.3) is 0 Å². The number of para-hydroxylation sites is 1. The number of hydrogen-bond donors (Lipinski definition) is 0. The van der Waals surface area contributed by atoms with E-state index in [0.717, 1.165) is 17.1 Å². The molecule has 0 atom stereocenters. The highest BCUT2D eigenvalue weighted by Gasteiger charge is 2.16. The lowest BCUT2D eigenvalue weighted by molar-refractivity contribution is 1.28. The zero-order chi connectivity index (χ0) is 32.0. The first-order valence-electron chi connectivity index (χ1n) is 16.6. The second-order valence-corrected chi connectivity index (χ2v) is 12.7. The summed E-state index contributed by atoms with van der Waals surface area (Å²) in [5.41, 5.74) is 9.66. The van der Waals surface area contributed by atoms with Gasteiger partial charge in [-0.05, 0) is 127 Å². The topological polar surface area (TPSA) is 3.24 Å². The summed E-state index contributed by atoms with van der Waals surface area (Å²) in [7, 11) is 0. The smallest absolute Gasteiger partial charge is 0.0468 e. The first-order valence-corrected chi connectivity index (χ1v) is 16.6. The number of aryl methyl sites for hydroxylation is 1. The van der Waals surface area contributed by atoms with Crippen molar-refractivity contribution in [3.05, 3.63) is 188 Å². The van der Waals surface area contributed by atoms with Crippen molar-refractivity contribution in [3.8, 4) is 22.3 Å². The van der Waals surface area contributed by atoms with Gasteiger partial charge in [0.05, 0.1) is 0 Å². The molecular formula is C47H33N. The van der Waals surface area contributed by atoms with Crippen molar-refractivity contribution in [1.29, 1.82) is 0 Å². The molecule has 9 rings (SSSR count). The third-order valence-corrected chi connectivity index (χ3v) is 9.65. The molecule has 0 unspecified atom stereocenters. The monoisotopic (exact) mass is 611 g/mol. The van der Waals surface area contributed by atoms with Crippen LogP contribution in [0.2, 0.25) is 0 Å². The van der Waals surface area contributed by atoms with Gasteiger partial charge in [0.2, 0.25) is 0 Å². The van der Waals surface area contributed by atoms with E-state index in [4.69, 9.17) is 0 Å². The van der Waals surface area contributed by atoms with E-state index >= 15 is 0 Å². The van der Waals surface area contributed by atoms with E-state index in [1.165, 1.54) is 70.9 Å². The average molecular weight is 612 g/mol. The van der Waals surface area contributed by atoms with Crippen molar-refractivity contribution in [3.63, 3.8) is 0 Å². The van der Waals surface area contributed by atoms with Crippen LogP contribution >= 0.6 is 0 Å². The van der Waals surface area contributed by atoms with Crippen LogP contribution in [0.5, 0.6) is 0 Å². The third kappa shape index (κ3) is 4.80. The van der Waals surface area contributed by atoms with Crippen molar-refractivity contribution in [2.45, 2.75) is 6.92 Å². The SMILES string of the molecule is Cc1ccc(N(c2ccccc2)c2ccc3cc(-c4cc5cc(-c6ccccc6)c6ccccc6c5c5ccccc45)ccc3c2)cc1. The number of hydrogen-bond acceptors (Lipinski definition) is 1. The summed E-state index contributed by atoms with van der Waals surface area (Å²) in [6.45, 7) is 2.13. The van der Waals surface area contributed by atoms with Gasteiger partial charge < -0.3 is 4.90 Å². The van der Waals surface area contributed by atoms with Gasteiger partial charge in [-0.2, -0.15) is 0 Å². The summed E-state index contributed by atoms with van der Waals surface area (Å²) in [5, 5.41) is 10.1.